The first kappa shape index (κ1) is 11.8. The van der Waals surface area contributed by atoms with E-state index < -0.39 is 0 Å². The second-order valence-electron chi connectivity index (χ2n) is 4.75. The summed E-state index contributed by atoms with van der Waals surface area (Å²) in [6.45, 7) is 5.06. The second-order valence-corrected chi connectivity index (χ2v) is 4.75. The first-order valence-electron chi connectivity index (χ1n) is 6.01. The molecule has 1 aliphatic heterocycles. The third kappa shape index (κ3) is 2.35. The zero-order valence-corrected chi connectivity index (χ0v) is 10.4. The quantitative estimate of drug-likeness (QED) is 0.605. The molecule has 1 unspecified atom stereocenters. The number of guanidine groups is 1. The number of para-hydroxylation sites is 1. The number of nitrogens with zero attached hydrogens (tertiary/aromatic N) is 2. The molecule has 0 aliphatic carbocycles. The lowest BCUT2D eigenvalue weighted by molar-refractivity contribution is 0.577. The molecule has 0 spiro atoms. The number of hydrogen-bond donors (Lipinski definition) is 2. The van der Waals surface area contributed by atoms with E-state index in [9.17, 15) is 0 Å². The van der Waals surface area contributed by atoms with Crippen LogP contribution in [0.1, 0.15) is 19.4 Å². The molecule has 0 radical (unpaired) electrons. The summed E-state index contributed by atoms with van der Waals surface area (Å²) in [4.78, 5) is 6.56. The highest BCUT2D eigenvalue weighted by molar-refractivity contribution is 5.75. The van der Waals surface area contributed by atoms with Gasteiger partial charge in [0.2, 0.25) is 0 Å². The Morgan fingerprint density at radius 3 is 2.76 bits per heavy atom. The standard InChI is InChI=1S/C13H20N4/c1-9(2)17-11(8-16-13(14)15)7-10-5-3-4-6-12(10)17/h3-6,9,11H,7-8H2,1-2H3,(H4,14,15,16). The molecule has 1 heterocycles. The Labute approximate surface area is 102 Å². The monoisotopic (exact) mass is 232 g/mol. The zero-order chi connectivity index (χ0) is 12.4. The normalized spacial score (nSPS) is 18.3. The van der Waals surface area contributed by atoms with Crippen molar-refractivity contribution in [1.29, 1.82) is 0 Å². The van der Waals surface area contributed by atoms with Crippen LogP contribution >= 0.6 is 0 Å². The van der Waals surface area contributed by atoms with E-state index in [0.717, 1.165) is 6.42 Å². The van der Waals surface area contributed by atoms with E-state index in [2.05, 4.69) is 48.0 Å². The highest BCUT2D eigenvalue weighted by Gasteiger charge is 2.30. The Balaban J connectivity index is 2.24. The van der Waals surface area contributed by atoms with Gasteiger partial charge in [-0.1, -0.05) is 18.2 Å². The van der Waals surface area contributed by atoms with Gasteiger partial charge in [0.05, 0.1) is 12.6 Å². The van der Waals surface area contributed by atoms with E-state index in [4.69, 9.17) is 11.5 Å². The predicted molar refractivity (Wildman–Crippen MR) is 72.2 cm³/mol. The summed E-state index contributed by atoms with van der Waals surface area (Å²) in [7, 11) is 0. The van der Waals surface area contributed by atoms with Crippen LogP contribution in [0.5, 0.6) is 0 Å². The van der Waals surface area contributed by atoms with Crippen LogP contribution in [-0.4, -0.2) is 24.6 Å². The van der Waals surface area contributed by atoms with Gasteiger partial charge in [0.15, 0.2) is 5.96 Å². The van der Waals surface area contributed by atoms with Crippen LogP contribution in [0.15, 0.2) is 29.3 Å². The fourth-order valence-electron chi connectivity index (χ4n) is 2.55. The van der Waals surface area contributed by atoms with Crippen molar-refractivity contribution < 1.29 is 0 Å². The second kappa shape index (κ2) is 4.65. The number of hydrogen-bond acceptors (Lipinski definition) is 2. The van der Waals surface area contributed by atoms with Crippen LogP contribution in [0.25, 0.3) is 0 Å². The molecule has 1 aromatic carbocycles. The summed E-state index contributed by atoms with van der Waals surface area (Å²) in [6, 6.07) is 9.34. The Morgan fingerprint density at radius 2 is 2.12 bits per heavy atom. The summed E-state index contributed by atoms with van der Waals surface area (Å²) in [5, 5.41) is 0. The number of fused-ring (bicyclic) bond motifs is 1. The first-order valence-corrected chi connectivity index (χ1v) is 6.01. The highest BCUT2D eigenvalue weighted by atomic mass is 15.2. The maximum absolute atomic E-state index is 5.41. The molecule has 0 saturated carbocycles. The van der Waals surface area contributed by atoms with Crippen molar-refractivity contribution >= 4 is 11.6 Å². The number of aliphatic imine (C=N–C) groups is 1. The molecule has 2 rings (SSSR count). The van der Waals surface area contributed by atoms with Gasteiger partial charge in [-0.3, -0.25) is 4.99 Å². The van der Waals surface area contributed by atoms with E-state index in [0.29, 0.717) is 18.6 Å². The van der Waals surface area contributed by atoms with Gasteiger partial charge in [-0.25, -0.2) is 0 Å². The Kier molecular flexibility index (Phi) is 3.22. The molecule has 0 saturated heterocycles. The molecule has 4 heteroatoms. The van der Waals surface area contributed by atoms with Crippen molar-refractivity contribution in [3.05, 3.63) is 29.8 Å². The number of rotatable bonds is 3. The van der Waals surface area contributed by atoms with Gasteiger partial charge < -0.3 is 16.4 Å². The minimum absolute atomic E-state index is 0.171. The van der Waals surface area contributed by atoms with Gasteiger partial charge in [0.1, 0.15) is 0 Å². The van der Waals surface area contributed by atoms with Crippen molar-refractivity contribution in [3.8, 4) is 0 Å². The highest BCUT2D eigenvalue weighted by Crippen LogP contribution is 2.33. The average molecular weight is 232 g/mol. The Hall–Kier alpha value is -1.71. The SMILES string of the molecule is CC(C)N1c2ccccc2CC1CN=C(N)N. The van der Waals surface area contributed by atoms with E-state index in [1.807, 2.05) is 0 Å². The van der Waals surface area contributed by atoms with Gasteiger partial charge in [0.25, 0.3) is 0 Å². The van der Waals surface area contributed by atoms with Gasteiger partial charge >= 0.3 is 0 Å². The van der Waals surface area contributed by atoms with Crippen molar-refractivity contribution in [2.24, 2.45) is 16.5 Å². The molecule has 0 aromatic heterocycles. The van der Waals surface area contributed by atoms with Crippen LogP contribution in [0.4, 0.5) is 5.69 Å². The summed E-state index contributed by atoms with van der Waals surface area (Å²) >= 11 is 0. The lowest BCUT2D eigenvalue weighted by Crippen LogP contribution is -2.40. The first-order chi connectivity index (χ1) is 8.09. The van der Waals surface area contributed by atoms with E-state index in [1.165, 1.54) is 11.3 Å². The molecule has 0 bridgehead atoms. The van der Waals surface area contributed by atoms with Crippen LogP contribution in [0.3, 0.4) is 0 Å². The van der Waals surface area contributed by atoms with Crippen molar-refractivity contribution in [2.75, 3.05) is 11.4 Å². The zero-order valence-electron chi connectivity index (χ0n) is 10.4. The number of anilines is 1. The number of nitrogens with two attached hydrogens (primary N) is 2. The maximum Gasteiger partial charge on any atom is 0.185 e. The number of benzene rings is 1. The molecule has 4 nitrogen and oxygen atoms in total. The van der Waals surface area contributed by atoms with E-state index in [1.54, 1.807) is 0 Å². The summed E-state index contributed by atoms with van der Waals surface area (Å²) in [5.74, 6) is 0.171. The van der Waals surface area contributed by atoms with Gasteiger partial charge in [0, 0.05) is 11.7 Å². The topological polar surface area (TPSA) is 67.6 Å². The summed E-state index contributed by atoms with van der Waals surface area (Å²) in [6.07, 6.45) is 1.02. The van der Waals surface area contributed by atoms with Crippen molar-refractivity contribution in [1.82, 2.24) is 0 Å². The van der Waals surface area contributed by atoms with Crippen LogP contribution in [-0.2, 0) is 6.42 Å². The molecular formula is C13H20N4. The molecule has 0 fully saturated rings. The van der Waals surface area contributed by atoms with Crippen LogP contribution < -0.4 is 16.4 Å². The van der Waals surface area contributed by atoms with Crippen molar-refractivity contribution in [2.45, 2.75) is 32.4 Å². The molecular weight excluding hydrogens is 212 g/mol. The molecule has 92 valence electrons. The minimum Gasteiger partial charge on any atom is -0.370 e. The lowest BCUT2D eigenvalue weighted by atomic mass is 10.1. The largest absolute Gasteiger partial charge is 0.370 e. The van der Waals surface area contributed by atoms with Gasteiger partial charge in [-0.15, -0.1) is 0 Å². The van der Waals surface area contributed by atoms with Crippen LogP contribution in [0, 0.1) is 0 Å². The van der Waals surface area contributed by atoms with Gasteiger partial charge in [-0.05, 0) is 31.9 Å². The smallest absolute Gasteiger partial charge is 0.185 e. The van der Waals surface area contributed by atoms with E-state index >= 15 is 0 Å². The lowest BCUT2D eigenvalue weighted by Gasteiger charge is -2.30. The summed E-state index contributed by atoms with van der Waals surface area (Å²) < 4.78 is 0. The molecule has 4 N–H and O–H groups in total. The maximum atomic E-state index is 5.41. The average Bonchev–Trinajstić information content (AvgIpc) is 2.64. The van der Waals surface area contributed by atoms with Crippen LogP contribution in [0.2, 0.25) is 0 Å². The molecule has 0 amide bonds. The molecule has 17 heavy (non-hydrogen) atoms. The summed E-state index contributed by atoms with van der Waals surface area (Å²) in [5.41, 5.74) is 13.5. The Bertz CT molecular complexity index is 421. The van der Waals surface area contributed by atoms with Gasteiger partial charge in [-0.2, -0.15) is 0 Å². The van der Waals surface area contributed by atoms with Crippen molar-refractivity contribution in [3.63, 3.8) is 0 Å². The molecule has 1 atom stereocenters. The minimum atomic E-state index is 0.171. The third-order valence-corrected chi connectivity index (χ3v) is 3.16. The third-order valence-electron chi connectivity index (χ3n) is 3.16. The fourth-order valence-corrected chi connectivity index (χ4v) is 2.55. The Morgan fingerprint density at radius 1 is 1.41 bits per heavy atom. The van der Waals surface area contributed by atoms with E-state index in [-0.39, 0.29) is 5.96 Å². The molecule has 1 aromatic rings. The molecule has 1 aliphatic rings. The predicted octanol–water partition coefficient (Wildman–Crippen LogP) is 1.10. The fraction of sp³-hybridized carbons (Fsp3) is 0.462.